The molecule has 0 spiro atoms. The van der Waals surface area contributed by atoms with Crippen molar-refractivity contribution in [3.05, 3.63) is 89.2 Å². The first-order valence-electron chi connectivity index (χ1n) is 23.1. The molecule has 4 aromatic rings. The SMILES string of the molecule is CN(C)C1CCC(NC(=O)c2ccc(-c3ccc(C[C@H](NC(=O)C4CCC(CNC(=O)OC(C)(C)C)CC4)C(=O)Nc4ccc(-c5n[nH]c(C(F)(F)C(F)(F)C(=O)O)n5)cc4)cc3)c(C(F)(F)F)c2)CC1. The molecule has 6 rings (SSSR count). The fourth-order valence-corrected chi connectivity index (χ4v) is 8.65. The Morgan fingerprint density at radius 3 is 2.01 bits per heavy atom. The van der Waals surface area contributed by atoms with E-state index in [2.05, 4.69) is 36.2 Å². The molecule has 0 unspecified atom stereocenters. The number of carbonyl (C=O) groups excluding carboxylic acids is 4. The number of carbonyl (C=O) groups is 5. The van der Waals surface area contributed by atoms with Crippen molar-refractivity contribution < 1.29 is 64.5 Å². The molecule has 1 heterocycles. The molecule has 2 aliphatic rings. The van der Waals surface area contributed by atoms with Crippen LogP contribution in [0.25, 0.3) is 22.5 Å². The Bertz CT molecular complexity index is 2530. The number of alkyl carbamates (subject to hydrolysis) is 1. The van der Waals surface area contributed by atoms with Crippen LogP contribution in [0.5, 0.6) is 0 Å². The van der Waals surface area contributed by atoms with Crippen molar-refractivity contribution in [1.29, 1.82) is 0 Å². The van der Waals surface area contributed by atoms with Crippen LogP contribution in [0.1, 0.15) is 99.4 Å². The number of hydrogen-bond donors (Lipinski definition) is 6. The van der Waals surface area contributed by atoms with Gasteiger partial charge in [0.15, 0.2) is 5.82 Å². The van der Waals surface area contributed by atoms with Gasteiger partial charge < -0.3 is 36.0 Å². The van der Waals surface area contributed by atoms with Gasteiger partial charge in [-0.1, -0.05) is 30.3 Å². The Morgan fingerprint density at radius 2 is 1.44 bits per heavy atom. The van der Waals surface area contributed by atoms with Crippen LogP contribution in [0.15, 0.2) is 66.7 Å². The van der Waals surface area contributed by atoms with E-state index in [4.69, 9.17) is 9.84 Å². The van der Waals surface area contributed by atoms with Gasteiger partial charge >= 0.3 is 30.1 Å². The third kappa shape index (κ3) is 13.6. The van der Waals surface area contributed by atoms with Gasteiger partial charge in [0.05, 0.1) is 5.56 Å². The van der Waals surface area contributed by atoms with Crippen LogP contribution in [0.2, 0.25) is 0 Å². The lowest BCUT2D eigenvalue weighted by Gasteiger charge is -2.33. The lowest BCUT2D eigenvalue weighted by atomic mass is 9.81. The van der Waals surface area contributed by atoms with Crippen LogP contribution >= 0.6 is 0 Å². The highest BCUT2D eigenvalue weighted by atomic mass is 19.4. The summed E-state index contributed by atoms with van der Waals surface area (Å²) in [4.78, 5) is 69.4. The van der Waals surface area contributed by atoms with Crippen LogP contribution in [0.4, 0.5) is 41.2 Å². The van der Waals surface area contributed by atoms with Gasteiger partial charge in [-0.25, -0.2) is 14.6 Å². The molecule has 2 aliphatic carbocycles. The highest BCUT2D eigenvalue weighted by Gasteiger charge is 2.65. The average molecular weight is 1000 g/mol. The zero-order valence-corrected chi connectivity index (χ0v) is 39.7. The number of aromatic nitrogens is 3. The van der Waals surface area contributed by atoms with Crippen LogP contribution < -0.4 is 21.3 Å². The molecule has 6 N–H and O–H groups in total. The molecular weight excluding hydrogens is 946 g/mol. The summed E-state index contributed by atoms with van der Waals surface area (Å²) in [6.45, 7) is 5.58. The van der Waals surface area contributed by atoms with E-state index in [0.29, 0.717) is 56.7 Å². The minimum Gasteiger partial charge on any atom is -0.477 e. The molecule has 71 heavy (non-hydrogen) atoms. The first kappa shape index (κ1) is 53.8. The van der Waals surface area contributed by atoms with Crippen molar-refractivity contribution in [1.82, 2.24) is 36.0 Å². The Morgan fingerprint density at radius 1 is 0.817 bits per heavy atom. The fraction of sp³-hybridized carbons (Fsp3) is 0.490. The maximum Gasteiger partial charge on any atom is 0.417 e. The number of aromatic amines is 1. The summed E-state index contributed by atoms with van der Waals surface area (Å²) in [6, 6.07) is 13.5. The van der Waals surface area contributed by atoms with E-state index in [1.54, 1.807) is 25.9 Å². The molecule has 0 aliphatic heterocycles. The first-order valence-corrected chi connectivity index (χ1v) is 23.1. The summed E-state index contributed by atoms with van der Waals surface area (Å²) in [5.41, 5.74) is -1.20. The molecule has 0 bridgehead atoms. The summed E-state index contributed by atoms with van der Waals surface area (Å²) in [7, 11) is 3.96. The van der Waals surface area contributed by atoms with Crippen molar-refractivity contribution in [3.8, 4) is 22.5 Å². The van der Waals surface area contributed by atoms with E-state index in [1.807, 2.05) is 14.1 Å². The van der Waals surface area contributed by atoms with Gasteiger partial charge in [0.2, 0.25) is 17.6 Å². The minimum atomic E-state index is -5.50. The number of ether oxygens (including phenoxy) is 1. The molecule has 3 aromatic carbocycles. The Labute approximate surface area is 405 Å². The number of amides is 4. The largest absolute Gasteiger partial charge is 0.477 e. The monoisotopic (exact) mass is 1000 g/mol. The first-order chi connectivity index (χ1) is 33.2. The van der Waals surface area contributed by atoms with Gasteiger partial charge in [-0.3, -0.25) is 19.5 Å². The minimum absolute atomic E-state index is 0.0197. The number of nitrogens with one attached hydrogen (secondary N) is 5. The Hall–Kier alpha value is -6.58. The number of aliphatic carboxylic acids is 1. The standard InChI is InChI=1S/C49H57F7N8O7/c1-46(2,3)71-45(70)57-26-28-8-12-31(13-9-28)40(65)60-38(42(67)59-33-17-14-30(15-18-33)39-61-43(63-62-39)47(50,51)48(52,53)44(68)69)24-27-6-10-29(11-7-27)36-23-16-32(25-37(36)49(54,55)56)41(66)58-34-19-21-35(22-20-34)64(4)5/h6-7,10-11,14-18,23,25,28,31,34-35,38H,8-9,12-13,19-22,24,26H2,1-5H3,(H,57,70)(H,58,66)(H,59,67)(H,60,65)(H,68,69)(H,61,62,63)/t28?,31?,34?,35?,38-/m0/s1. The van der Waals surface area contributed by atoms with E-state index in [9.17, 15) is 54.7 Å². The summed E-state index contributed by atoms with van der Waals surface area (Å²) >= 11 is 0. The lowest BCUT2D eigenvalue weighted by molar-refractivity contribution is -0.231. The quantitative estimate of drug-likeness (QED) is 0.0590. The summed E-state index contributed by atoms with van der Waals surface area (Å²) < 4.78 is 105. The second kappa shape index (κ2) is 21.8. The number of H-pyrrole nitrogens is 1. The number of halogens is 7. The van der Waals surface area contributed by atoms with Crippen molar-refractivity contribution in [2.24, 2.45) is 11.8 Å². The van der Waals surface area contributed by atoms with Crippen LogP contribution in [-0.2, 0) is 37.6 Å². The third-order valence-corrected chi connectivity index (χ3v) is 12.7. The van der Waals surface area contributed by atoms with Crippen LogP contribution in [0.3, 0.4) is 0 Å². The number of carboxylic acids is 1. The van der Waals surface area contributed by atoms with Gasteiger partial charge in [0.1, 0.15) is 11.6 Å². The highest BCUT2D eigenvalue weighted by molar-refractivity contribution is 5.98. The van der Waals surface area contributed by atoms with Crippen LogP contribution in [-0.4, -0.2) is 105 Å². The maximum atomic E-state index is 14.6. The Balaban J connectivity index is 1.17. The lowest BCUT2D eigenvalue weighted by Crippen LogP contribution is -2.48. The molecule has 4 amide bonds. The predicted octanol–water partition coefficient (Wildman–Crippen LogP) is 8.57. The number of nitrogens with zero attached hydrogens (tertiary/aromatic N) is 3. The normalized spacial score (nSPS) is 19.3. The van der Waals surface area contributed by atoms with E-state index in [0.717, 1.165) is 18.9 Å². The number of anilines is 1. The molecule has 2 saturated carbocycles. The molecule has 15 nitrogen and oxygen atoms in total. The summed E-state index contributed by atoms with van der Waals surface area (Å²) in [5, 5.41) is 24.9. The molecule has 1 atom stereocenters. The van der Waals surface area contributed by atoms with Crippen molar-refractivity contribution >= 4 is 35.5 Å². The number of rotatable bonds is 16. The predicted molar refractivity (Wildman–Crippen MR) is 246 cm³/mol. The van der Waals surface area contributed by atoms with Gasteiger partial charge in [-0.15, -0.1) is 0 Å². The number of carboxylic acid groups (broad SMARTS) is 1. The summed E-state index contributed by atoms with van der Waals surface area (Å²) in [6.07, 6.45) is -0.321. The smallest absolute Gasteiger partial charge is 0.417 e. The second-order valence-electron chi connectivity index (χ2n) is 19.3. The highest BCUT2D eigenvalue weighted by Crippen LogP contribution is 2.42. The van der Waals surface area contributed by atoms with Crippen molar-refractivity contribution in [2.75, 3.05) is 26.0 Å². The second-order valence-corrected chi connectivity index (χ2v) is 19.3. The summed E-state index contributed by atoms with van der Waals surface area (Å²) in [5.74, 6) is -18.1. The molecule has 22 heteroatoms. The van der Waals surface area contributed by atoms with Gasteiger partial charge in [-0.05, 0) is 145 Å². The molecule has 384 valence electrons. The molecule has 0 saturated heterocycles. The molecular formula is C49H57F7N8O7. The van der Waals surface area contributed by atoms with Crippen molar-refractivity contribution in [3.63, 3.8) is 0 Å². The average Bonchev–Trinajstić information content (AvgIpc) is 3.82. The van der Waals surface area contributed by atoms with Crippen LogP contribution in [0, 0.1) is 11.8 Å². The van der Waals surface area contributed by atoms with Gasteiger partial charge in [-0.2, -0.15) is 35.8 Å². The number of hydrogen-bond acceptors (Lipinski definition) is 9. The fourth-order valence-electron chi connectivity index (χ4n) is 8.65. The molecule has 2 fully saturated rings. The van der Waals surface area contributed by atoms with E-state index >= 15 is 0 Å². The number of alkyl halides is 7. The Kier molecular flexibility index (Phi) is 16.5. The zero-order chi connectivity index (χ0) is 52.1. The topological polar surface area (TPSA) is 208 Å². The third-order valence-electron chi connectivity index (χ3n) is 12.7. The molecule has 0 radical (unpaired) electrons. The maximum absolute atomic E-state index is 14.6. The van der Waals surface area contributed by atoms with E-state index in [1.165, 1.54) is 60.7 Å². The zero-order valence-electron chi connectivity index (χ0n) is 39.7. The van der Waals surface area contributed by atoms with Gasteiger partial charge in [0.25, 0.3) is 5.91 Å². The van der Waals surface area contributed by atoms with E-state index in [-0.39, 0.29) is 46.3 Å². The molecule has 1 aromatic heterocycles. The van der Waals surface area contributed by atoms with E-state index < -0.39 is 82.6 Å². The van der Waals surface area contributed by atoms with Crippen molar-refractivity contribution in [2.45, 2.75) is 120 Å². The van der Waals surface area contributed by atoms with Gasteiger partial charge in [0, 0.05) is 47.8 Å². The number of benzene rings is 3.